The monoisotopic (exact) mass is 468 g/mol. The molecule has 34 heavy (non-hydrogen) atoms. The normalized spacial score (nSPS) is 16.9. The molecule has 11 heteroatoms. The number of benzene rings is 1. The number of aromatic nitrogens is 5. The summed E-state index contributed by atoms with van der Waals surface area (Å²) in [6.07, 6.45) is 4.94. The van der Waals surface area contributed by atoms with E-state index in [1.54, 1.807) is 6.92 Å². The molecule has 178 valence electrons. The molecular weight excluding hydrogens is 443 g/mol. The molecule has 2 N–H and O–H groups in total. The van der Waals surface area contributed by atoms with Gasteiger partial charge in [0.15, 0.2) is 5.69 Å². The van der Waals surface area contributed by atoms with E-state index in [1.807, 2.05) is 0 Å². The molecule has 2 aromatic heterocycles. The summed E-state index contributed by atoms with van der Waals surface area (Å²) in [6.45, 7) is 2.78. The molecule has 1 aromatic carbocycles. The largest absolute Gasteiger partial charge is 0.501 e. The predicted molar refractivity (Wildman–Crippen MR) is 118 cm³/mol. The Hall–Kier alpha value is -3.60. The van der Waals surface area contributed by atoms with E-state index in [0.717, 1.165) is 25.7 Å². The van der Waals surface area contributed by atoms with Gasteiger partial charge in [-0.2, -0.15) is 5.10 Å². The Morgan fingerprint density at radius 1 is 1.32 bits per heavy atom. The Labute approximate surface area is 194 Å². The second-order valence-corrected chi connectivity index (χ2v) is 8.80. The number of fused-ring (bicyclic) bond motifs is 2. The molecule has 1 fully saturated rings. The van der Waals surface area contributed by atoms with Gasteiger partial charge in [0.05, 0.1) is 30.9 Å². The Balaban J connectivity index is 1.47. The smallest absolute Gasteiger partial charge is 0.296 e. The Morgan fingerprint density at radius 2 is 2.12 bits per heavy atom. The molecule has 0 bridgehead atoms. The van der Waals surface area contributed by atoms with Crippen molar-refractivity contribution < 1.29 is 19.0 Å². The molecule has 0 unspecified atom stereocenters. The third kappa shape index (κ3) is 3.75. The first-order valence-electron chi connectivity index (χ1n) is 11.3. The molecule has 0 atom stereocenters. The molecule has 0 saturated heterocycles. The van der Waals surface area contributed by atoms with Crippen LogP contribution < -0.4 is 10.9 Å². The summed E-state index contributed by atoms with van der Waals surface area (Å²) in [5.41, 5.74) is -0.392. The van der Waals surface area contributed by atoms with Crippen molar-refractivity contribution in [2.75, 3.05) is 13.2 Å². The van der Waals surface area contributed by atoms with Crippen LogP contribution in [0.1, 0.15) is 53.4 Å². The number of ether oxygens (including phenoxy) is 1. The SMILES string of the molecule is Cc1ncnn1-c1cc(F)ccc1CNC(=O)c1nc2n(c(=O)c1O)CCOCC21CCCC1. The van der Waals surface area contributed by atoms with E-state index < -0.39 is 28.4 Å². The predicted octanol–water partition coefficient (Wildman–Crippen LogP) is 1.75. The first kappa shape index (κ1) is 22.2. The number of nitrogens with one attached hydrogen (secondary N) is 1. The van der Waals surface area contributed by atoms with Crippen LogP contribution in [-0.4, -0.2) is 48.5 Å². The summed E-state index contributed by atoms with van der Waals surface area (Å²) in [7, 11) is 0. The zero-order valence-corrected chi connectivity index (χ0v) is 18.8. The van der Waals surface area contributed by atoms with Gasteiger partial charge in [-0.3, -0.25) is 14.2 Å². The Morgan fingerprint density at radius 3 is 2.85 bits per heavy atom. The highest BCUT2D eigenvalue weighted by atomic mass is 19.1. The van der Waals surface area contributed by atoms with Gasteiger partial charge in [-0.15, -0.1) is 0 Å². The molecule has 1 aliphatic heterocycles. The highest BCUT2D eigenvalue weighted by Gasteiger charge is 2.42. The maximum Gasteiger partial charge on any atom is 0.296 e. The van der Waals surface area contributed by atoms with Gasteiger partial charge in [0.2, 0.25) is 5.75 Å². The maximum absolute atomic E-state index is 13.9. The van der Waals surface area contributed by atoms with E-state index in [2.05, 4.69) is 20.4 Å². The van der Waals surface area contributed by atoms with Crippen LogP contribution in [0.2, 0.25) is 0 Å². The van der Waals surface area contributed by atoms with Gasteiger partial charge in [-0.1, -0.05) is 18.9 Å². The fourth-order valence-electron chi connectivity index (χ4n) is 4.90. The van der Waals surface area contributed by atoms with Crippen LogP contribution in [0.15, 0.2) is 29.3 Å². The Kier molecular flexibility index (Phi) is 5.64. The van der Waals surface area contributed by atoms with Crippen molar-refractivity contribution in [3.05, 3.63) is 63.6 Å². The van der Waals surface area contributed by atoms with Gasteiger partial charge in [0, 0.05) is 6.54 Å². The van der Waals surface area contributed by atoms with Crippen LogP contribution in [0, 0.1) is 12.7 Å². The minimum Gasteiger partial charge on any atom is -0.501 e. The van der Waals surface area contributed by atoms with Crippen molar-refractivity contribution in [1.82, 2.24) is 29.6 Å². The number of aromatic hydroxyl groups is 1. The fourth-order valence-corrected chi connectivity index (χ4v) is 4.90. The number of aryl methyl sites for hydroxylation is 1. The van der Waals surface area contributed by atoms with Crippen LogP contribution in [0.5, 0.6) is 5.75 Å². The van der Waals surface area contributed by atoms with Crippen molar-refractivity contribution in [1.29, 1.82) is 0 Å². The van der Waals surface area contributed by atoms with Gasteiger partial charge in [-0.25, -0.2) is 19.0 Å². The first-order valence-corrected chi connectivity index (χ1v) is 11.3. The van der Waals surface area contributed by atoms with Crippen LogP contribution in [-0.2, 0) is 23.2 Å². The second-order valence-electron chi connectivity index (χ2n) is 8.80. The molecule has 1 spiro atoms. The van der Waals surface area contributed by atoms with Crippen LogP contribution in [0.25, 0.3) is 5.69 Å². The van der Waals surface area contributed by atoms with E-state index in [1.165, 1.54) is 33.8 Å². The lowest BCUT2D eigenvalue weighted by Crippen LogP contribution is -2.38. The van der Waals surface area contributed by atoms with Gasteiger partial charge in [-0.05, 0) is 37.5 Å². The number of carbonyl (C=O) groups excluding carboxylic acids is 1. The maximum atomic E-state index is 13.9. The molecule has 5 rings (SSSR count). The standard InChI is InChI=1S/C23H25FN6O4/c1-14-26-13-27-30(14)17-10-16(24)5-4-15(17)11-25-20(32)18-19(31)21(33)29-8-9-34-12-23(22(29)28-18)6-2-3-7-23/h4-5,10,13,31H,2-3,6-9,11-12H2,1H3,(H,25,32). The molecule has 1 aliphatic carbocycles. The lowest BCUT2D eigenvalue weighted by molar-refractivity contribution is 0.0911. The summed E-state index contributed by atoms with van der Waals surface area (Å²) in [6, 6.07) is 4.12. The topological polar surface area (TPSA) is 124 Å². The molecule has 1 amide bonds. The average molecular weight is 468 g/mol. The fraction of sp³-hybridized carbons (Fsp3) is 0.435. The number of hydrogen-bond acceptors (Lipinski definition) is 7. The third-order valence-electron chi connectivity index (χ3n) is 6.67. The number of rotatable bonds is 4. The van der Waals surface area contributed by atoms with Gasteiger partial charge >= 0.3 is 0 Å². The minimum absolute atomic E-state index is 0.00153. The number of nitrogens with zero attached hydrogens (tertiary/aromatic N) is 5. The van der Waals surface area contributed by atoms with Gasteiger partial charge in [0.1, 0.15) is 23.8 Å². The van der Waals surface area contributed by atoms with Crippen LogP contribution >= 0.6 is 0 Å². The Bertz CT molecular complexity index is 1310. The third-order valence-corrected chi connectivity index (χ3v) is 6.67. The van der Waals surface area contributed by atoms with Crippen molar-refractivity contribution in [2.45, 2.75) is 51.1 Å². The summed E-state index contributed by atoms with van der Waals surface area (Å²) >= 11 is 0. The van der Waals surface area contributed by atoms with E-state index in [4.69, 9.17) is 4.74 Å². The molecule has 1 saturated carbocycles. The summed E-state index contributed by atoms with van der Waals surface area (Å²) in [4.78, 5) is 34.6. The molecule has 0 radical (unpaired) electrons. The lowest BCUT2D eigenvalue weighted by Gasteiger charge is -2.28. The molecule has 3 aromatic rings. The van der Waals surface area contributed by atoms with Crippen LogP contribution in [0.3, 0.4) is 0 Å². The zero-order chi connectivity index (χ0) is 23.9. The van der Waals surface area contributed by atoms with Gasteiger partial charge < -0.3 is 15.2 Å². The second kappa shape index (κ2) is 8.64. The molecule has 2 aliphatic rings. The number of amides is 1. The molecular formula is C23H25FN6O4. The number of halogens is 1. The summed E-state index contributed by atoms with van der Waals surface area (Å²) < 4.78 is 22.6. The van der Waals surface area contributed by atoms with E-state index in [0.29, 0.717) is 36.1 Å². The summed E-state index contributed by atoms with van der Waals surface area (Å²) in [5, 5.41) is 17.4. The number of hydrogen-bond donors (Lipinski definition) is 2. The minimum atomic E-state index is -0.693. The van der Waals surface area contributed by atoms with Crippen molar-refractivity contribution in [3.63, 3.8) is 0 Å². The molecule has 3 heterocycles. The number of carbonyl (C=O) groups is 1. The molecule has 10 nitrogen and oxygen atoms in total. The van der Waals surface area contributed by atoms with Crippen molar-refractivity contribution in [3.8, 4) is 11.4 Å². The highest BCUT2D eigenvalue weighted by molar-refractivity contribution is 5.94. The average Bonchev–Trinajstić information content (AvgIpc) is 3.43. The quantitative estimate of drug-likeness (QED) is 0.598. The lowest BCUT2D eigenvalue weighted by atomic mass is 9.86. The first-order chi connectivity index (χ1) is 16.4. The van der Waals surface area contributed by atoms with E-state index in [9.17, 15) is 19.1 Å². The van der Waals surface area contributed by atoms with Crippen LogP contribution in [0.4, 0.5) is 4.39 Å². The van der Waals surface area contributed by atoms with Crippen molar-refractivity contribution in [2.24, 2.45) is 0 Å². The summed E-state index contributed by atoms with van der Waals surface area (Å²) in [5.74, 6) is -0.789. The van der Waals surface area contributed by atoms with Crippen molar-refractivity contribution >= 4 is 5.91 Å². The highest BCUT2D eigenvalue weighted by Crippen LogP contribution is 2.41. The van der Waals surface area contributed by atoms with E-state index in [-0.39, 0.29) is 18.8 Å². The van der Waals surface area contributed by atoms with E-state index >= 15 is 0 Å². The zero-order valence-electron chi connectivity index (χ0n) is 18.8. The van der Waals surface area contributed by atoms with Gasteiger partial charge in [0.25, 0.3) is 11.5 Å².